The lowest BCUT2D eigenvalue weighted by atomic mass is 9.93. The van der Waals surface area contributed by atoms with Crippen LogP contribution >= 0.6 is 0 Å². The summed E-state index contributed by atoms with van der Waals surface area (Å²) in [4.78, 5) is 12.1. The van der Waals surface area contributed by atoms with Crippen LogP contribution in [0, 0.1) is 6.92 Å². The van der Waals surface area contributed by atoms with Crippen molar-refractivity contribution in [2.45, 2.75) is 63.5 Å². The van der Waals surface area contributed by atoms with Gasteiger partial charge in [-0.1, -0.05) is 6.07 Å². The second kappa shape index (κ2) is 10.2. The maximum atomic E-state index is 12.1. The molecule has 0 spiro atoms. The van der Waals surface area contributed by atoms with Gasteiger partial charge in [0.25, 0.3) is 0 Å². The summed E-state index contributed by atoms with van der Waals surface area (Å²) < 4.78 is 16.8. The number of aryl methyl sites for hydroxylation is 1. The van der Waals surface area contributed by atoms with E-state index in [-0.39, 0.29) is 34.7 Å². The minimum atomic E-state index is -1.67. The van der Waals surface area contributed by atoms with Crippen LogP contribution in [0.15, 0.2) is 18.2 Å². The molecule has 6 unspecified atom stereocenters. The molecule has 10 nitrogen and oxygen atoms in total. The van der Waals surface area contributed by atoms with Crippen LogP contribution in [0.2, 0.25) is 0 Å². The van der Waals surface area contributed by atoms with Crippen molar-refractivity contribution in [1.82, 2.24) is 0 Å². The minimum absolute atomic E-state index is 0.0205. The molecule has 33 heavy (non-hydrogen) atoms. The van der Waals surface area contributed by atoms with Crippen LogP contribution in [0.5, 0.6) is 17.2 Å². The fourth-order valence-corrected chi connectivity index (χ4v) is 4.16. The molecule has 2 aromatic rings. The van der Waals surface area contributed by atoms with Crippen molar-refractivity contribution in [2.24, 2.45) is 5.73 Å². The number of carbonyl (C=O) groups is 1. The van der Waals surface area contributed by atoms with Gasteiger partial charge in [-0.2, -0.15) is 0 Å². The Hall–Kier alpha value is -2.47. The van der Waals surface area contributed by atoms with Crippen LogP contribution in [-0.2, 0) is 4.74 Å². The van der Waals surface area contributed by atoms with E-state index in [1.54, 1.807) is 19.1 Å². The number of nitrogens with two attached hydrogens (primary N) is 1. The number of aromatic hydroxyl groups is 1. The molecule has 0 radical (unpaired) electrons. The molecule has 0 saturated carbocycles. The summed E-state index contributed by atoms with van der Waals surface area (Å²) in [5, 5.41) is 53.1. The molecule has 0 aromatic heterocycles. The van der Waals surface area contributed by atoms with E-state index in [0.717, 1.165) is 0 Å². The fourth-order valence-electron chi connectivity index (χ4n) is 4.16. The quantitative estimate of drug-likeness (QED) is 0.299. The summed E-state index contributed by atoms with van der Waals surface area (Å²) in [5.41, 5.74) is 6.15. The number of hydrogen-bond acceptors (Lipinski definition) is 10. The lowest BCUT2D eigenvalue weighted by molar-refractivity contribution is -0.288. The number of phenolic OH excluding ortho intramolecular Hbond substituents is 1. The van der Waals surface area contributed by atoms with Gasteiger partial charge >= 0.3 is 0 Å². The lowest BCUT2D eigenvalue weighted by Gasteiger charge is -2.42. The average molecular weight is 465 g/mol. The Balaban J connectivity index is 2.04. The number of hydrogen-bond donors (Lipinski definition) is 6. The number of rotatable bonds is 8. The molecule has 0 bridgehead atoms. The zero-order valence-corrected chi connectivity index (χ0v) is 18.8. The third-order valence-electron chi connectivity index (χ3n) is 5.87. The first-order chi connectivity index (χ1) is 15.6. The predicted molar refractivity (Wildman–Crippen MR) is 119 cm³/mol. The molecular formula is C23H31NO9. The minimum Gasteiger partial charge on any atom is -0.506 e. The van der Waals surface area contributed by atoms with Gasteiger partial charge in [-0.25, -0.2) is 0 Å². The van der Waals surface area contributed by atoms with Crippen molar-refractivity contribution in [1.29, 1.82) is 0 Å². The largest absolute Gasteiger partial charge is 0.506 e. The molecule has 182 valence electrons. The fraction of sp³-hybridized carbons (Fsp3) is 0.522. The van der Waals surface area contributed by atoms with Gasteiger partial charge in [0.1, 0.15) is 41.7 Å². The van der Waals surface area contributed by atoms with Gasteiger partial charge in [0.15, 0.2) is 5.78 Å². The van der Waals surface area contributed by atoms with Crippen molar-refractivity contribution >= 4 is 16.6 Å². The highest BCUT2D eigenvalue weighted by molar-refractivity contribution is 6.07. The van der Waals surface area contributed by atoms with Crippen LogP contribution in [0.1, 0.15) is 35.7 Å². The Morgan fingerprint density at radius 2 is 1.88 bits per heavy atom. The van der Waals surface area contributed by atoms with Gasteiger partial charge < -0.3 is 45.5 Å². The second-order valence-corrected chi connectivity index (χ2v) is 8.25. The van der Waals surface area contributed by atoms with E-state index in [1.807, 2.05) is 0 Å². The van der Waals surface area contributed by atoms with Crippen LogP contribution in [0.3, 0.4) is 0 Å². The van der Waals surface area contributed by atoms with Crippen LogP contribution in [0.4, 0.5) is 0 Å². The van der Waals surface area contributed by atoms with E-state index in [1.165, 1.54) is 20.1 Å². The normalized spacial score (nSPS) is 26.2. The molecule has 1 heterocycles. The highest BCUT2D eigenvalue weighted by atomic mass is 16.7. The van der Waals surface area contributed by atoms with Gasteiger partial charge in [-0.3, -0.25) is 4.79 Å². The van der Waals surface area contributed by atoms with E-state index in [2.05, 4.69) is 0 Å². The third kappa shape index (κ3) is 4.91. The Bertz CT molecular complexity index is 1010. The number of methoxy groups -OCH3 is 1. The van der Waals surface area contributed by atoms with E-state index in [4.69, 9.17) is 19.9 Å². The summed E-state index contributed by atoms with van der Waals surface area (Å²) in [6, 6.07) is 4.78. The van der Waals surface area contributed by atoms with Crippen molar-refractivity contribution in [3.05, 3.63) is 29.3 Å². The average Bonchev–Trinajstić information content (AvgIpc) is 2.76. The number of Topliss-reactive ketones (excluding diaryl/α,β-unsaturated/α-hetero) is 1. The van der Waals surface area contributed by atoms with Crippen molar-refractivity contribution in [3.8, 4) is 17.2 Å². The zero-order chi connectivity index (χ0) is 24.4. The third-order valence-corrected chi connectivity index (χ3v) is 5.87. The highest BCUT2D eigenvalue weighted by Crippen LogP contribution is 2.42. The Morgan fingerprint density at radius 3 is 2.48 bits per heavy atom. The summed E-state index contributed by atoms with van der Waals surface area (Å²) >= 11 is 0. The van der Waals surface area contributed by atoms with Crippen LogP contribution < -0.4 is 15.2 Å². The summed E-state index contributed by atoms with van der Waals surface area (Å²) in [6.07, 6.45) is -8.15. The molecule has 0 aliphatic carbocycles. The Labute approximate surface area is 191 Å². The molecule has 2 aromatic carbocycles. The standard InChI is InChI=1S/C23H31NO9/c1-10-7-12-8-13(31-3)9-15(17(12)18(27)16(10)11(2)25)32-23-21(30)19(28)20(29)22(33-23)14(26)5-4-6-24/h7-9,14,19-23,26-30H,4-6,24H2,1-3H3. The first-order valence-corrected chi connectivity index (χ1v) is 10.7. The number of benzene rings is 2. The summed E-state index contributed by atoms with van der Waals surface area (Å²) in [7, 11) is 1.44. The topological polar surface area (TPSA) is 172 Å². The van der Waals surface area contributed by atoms with Crippen LogP contribution in [0.25, 0.3) is 10.8 Å². The van der Waals surface area contributed by atoms with Gasteiger partial charge in [0.05, 0.1) is 24.2 Å². The molecule has 1 aliphatic heterocycles. The lowest BCUT2D eigenvalue weighted by Crippen LogP contribution is -2.62. The zero-order valence-electron chi connectivity index (χ0n) is 18.8. The van der Waals surface area contributed by atoms with E-state index >= 15 is 0 Å². The number of ether oxygens (including phenoxy) is 3. The first-order valence-electron chi connectivity index (χ1n) is 10.7. The molecule has 3 rings (SSSR count). The SMILES string of the molecule is COc1cc(OC2OC(C(O)CCCN)C(O)C(O)C2O)c2c(O)c(C(C)=O)c(C)cc2c1. The second-order valence-electron chi connectivity index (χ2n) is 8.25. The summed E-state index contributed by atoms with van der Waals surface area (Å²) in [5.74, 6) is -0.255. The molecule has 6 atom stereocenters. The van der Waals surface area contributed by atoms with E-state index in [0.29, 0.717) is 29.7 Å². The monoisotopic (exact) mass is 465 g/mol. The molecule has 7 N–H and O–H groups in total. The number of aliphatic hydroxyl groups is 4. The maximum absolute atomic E-state index is 12.1. The Kier molecular flexibility index (Phi) is 7.78. The van der Waals surface area contributed by atoms with Gasteiger partial charge in [0, 0.05) is 6.07 Å². The molecule has 1 fully saturated rings. The number of ketones is 1. The number of fused-ring (bicyclic) bond motifs is 1. The molecule has 1 saturated heterocycles. The van der Waals surface area contributed by atoms with Crippen molar-refractivity contribution in [3.63, 3.8) is 0 Å². The molecule has 0 amide bonds. The molecule has 10 heteroatoms. The van der Waals surface area contributed by atoms with Gasteiger partial charge in [-0.15, -0.1) is 0 Å². The number of aliphatic hydroxyl groups excluding tert-OH is 4. The smallest absolute Gasteiger partial charge is 0.229 e. The number of phenols is 1. The number of carbonyl (C=O) groups excluding carboxylic acids is 1. The van der Waals surface area contributed by atoms with E-state index < -0.39 is 36.8 Å². The highest BCUT2D eigenvalue weighted by Gasteiger charge is 2.47. The molecule has 1 aliphatic rings. The molecular weight excluding hydrogens is 434 g/mol. The van der Waals surface area contributed by atoms with Gasteiger partial charge in [-0.05, 0) is 50.2 Å². The van der Waals surface area contributed by atoms with Gasteiger partial charge in [0.2, 0.25) is 6.29 Å². The maximum Gasteiger partial charge on any atom is 0.229 e. The predicted octanol–water partition coefficient (Wildman–Crippen LogP) is 0.351. The van der Waals surface area contributed by atoms with Crippen molar-refractivity contribution in [2.75, 3.05) is 13.7 Å². The van der Waals surface area contributed by atoms with E-state index in [9.17, 15) is 30.3 Å². The Morgan fingerprint density at radius 1 is 1.18 bits per heavy atom. The first kappa shape index (κ1) is 25.2. The van der Waals surface area contributed by atoms with Crippen molar-refractivity contribution < 1.29 is 44.5 Å². The summed E-state index contributed by atoms with van der Waals surface area (Å²) in [6.45, 7) is 3.34. The van der Waals surface area contributed by atoms with Crippen LogP contribution in [-0.4, -0.2) is 81.8 Å².